The number of hydrogen-bond donors (Lipinski definition) is 1. The average molecular weight is 321 g/mol. The Morgan fingerprint density at radius 1 is 1.41 bits per heavy atom. The summed E-state index contributed by atoms with van der Waals surface area (Å²) in [6, 6.07) is 6.87. The molecule has 1 aliphatic heterocycles. The second kappa shape index (κ2) is 6.63. The van der Waals surface area contributed by atoms with E-state index in [1.165, 1.54) is 6.07 Å². The smallest absolute Gasteiger partial charge is 0.174 e. The molecule has 0 amide bonds. The van der Waals surface area contributed by atoms with E-state index in [1.807, 2.05) is 19.1 Å². The van der Waals surface area contributed by atoms with Gasteiger partial charge in [0.15, 0.2) is 11.6 Å². The van der Waals surface area contributed by atoms with Crippen LogP contribution in [0.15, 0.2) is 36.7 Å². The van der Waals surface area contributed by atoms with E-state index in [9.17, 15) is 4.39 Å². The highest BCUT2D eigenvalue weighted by atomic mass is 35.5. The Bertz CT molecular complexity index is 645. The highest BCUT2D eigenvalue weighted by Crippen LogP contribution is 2.37. The van der Waals surface area contributed by atoms with Gasteiger partial charge in [-0.1, -0.05) is 23.7 Å². The largest absolute Gasteiger partial charge is 0.481 e. The first-order valence-electron chi connectivity index (χ1n) is 7.38. The van der Waals surface area contributed by atoms with Crippen molar-refractivity contribution in [2.45, 2.75) is 19.4 Å². The molecule has 1 aromatic carbocycles. The minimum absolute atomic E-state index is 0.127. The third-order valence-electron chi connectivity index (χ3n) is 4.03. The third-order valence-corrected chi connectivity index (χ3v) is 4.50. The Kier molecular flexibility index (Phi) is 4.60. The number of halogens is 2. The Labute approximate surface area is 134 Å². The average Bonchev–Trinajstić information content (AvgIpc) is 3.06. The van der Waals surface area contributed by atoms with Crippen molar-refractivity contribution < 1.29 is 9.13 Å². The Morgan fingerprint density at radius 2 is 2.27 bits per heavy atom. The van der Waals surface area contributed by atoms with Crippen LogP contribution in [0.25, 0.3) is 0 Å². The van der Waals surface area contributed by atoms with Crippen molar-refractivity contribution in [2.24, 2.45) is 5.92 Å². The SMILES string of the molecule is Cc1ccc(F)c(O[C@@H](c2cccnc2)[C@H]2CCNC2)c1Cl. The van der Waals surface area contributed by atoms with Crippen LogP contribution >= 0.6 is 11.6 Å². The van der Waals surface area contributed by atoms with Crippen LogP contribution < -0.4 is 10.1 Å². The van der Waals surface area contributed by atoms with Gasteiger partial charge in [-0.15, -0.1) is 0 Å². The van der Waals surface area contributed by atoms with Gasteiger partial charge in [0, 0.05) is 30.4 Å². The summed E-state index contributed by atoms with van der Waals surface area (Å²) < 4.78 is 20.2. The summed E-state index contributed by atoms with van der Waals surface area (Å²) in [6.07, 6.45) is 4.19. The quantitative estimate of drug-likeness (QED) is 0.927. The van der Waals surface area contributed by atoms with Gasteiger partial charge < -0.3 is 10.1 Å². The summed E-state index contributed by atoms with van der Waals surface area (Å²) in [6.45, 7) is 3.62. The molecule has 2 atom stereocenters. The third kappa shape index (κ3) is 3.08. The molecule has 2 heterocycles. The van der Waals surface area contributed by atoms with E-state index >= 15 is 0 Å². The molecule has 1 aliphatic rings. The molecule has 0 aliphatic carbocycles. The van der Waals surface area contributed by atoms with Crippen molar-refractivity contribution in [1.82, 2.24) is 10.3 Å². The maximum atomic E-state index is 14.2. The molecule has 0 bridgehead atoms. The summed E-state index contributed by atoms with van der Waals surface area (Å²) in [4.78, 5) is 4.15. The van der Waals surface area contributed by atoms with Crippen molar-refractivity contribution in [3.8, 4) is 5.75 Å². The molecule has 3 nitrogen and oxygen atoms in total. The second-order valence-electron chi connectivity index (χ2n) is 5.59. The predicted molar refractivity (Wildman–Crippen MR) is 84.7 cm³/mol. The maximum absolute atomic E-state index is 14.2. The molecule has 2 aromatic rings. The van der Waals surface area contributed by atoms with Crippen LogP contribution in [-0.4, -0.2) is 18.1 Å². The van der Waals surface area contributed by atoms with Crippen molar-refractivity contribution in [1.29, 1.82) is 0 Å². The van der Waals surface area contributed by atoms with Gasteiger partial charge in [-0.25, -0.2) is 4.39 Å². The van der Waals surface area contributed by atoms with E-state index in [4.69, 9.17) is 16.3 Å². The van der Waals surface area contributed by atoms with Crippen molar-refractivity contribution >= 4 is 11.6 Å². The summed E-state index contributed by atoms with van der Waals surface area (Å²) in [5, 5.41) is 3.66. The number of nitrogens with one attached hydrogen (secondary N) is 1. The maximum Gasteiger partial charge on any atom is 0.174 e. The molecule has 1 N–H and O–H groups in total. The van der Waals surface area contributed by atoms with E-state index in [0.29, 0.717) is 5.02 Å². The van der Waals surface area contributed by atoms with Crippen molar-refractivity contribution in [2.75, 3.05) is 13.1 Å². The van der Waals surface area contributed by atoms with E-state index in [0.717, 1.165) is 30.6 Å². The van der Waals surface area contributed by atoms with Crippen LogP contribution in [0.1, 0.15) is 23.7 Å². The molecule has 0 saturated carbocycles. The fraction of sp³-hybridized carbons (Fsp3) is 0.353. The van der Waals surface area contributed by atoms with E-state index < -0.39 is 5.82 Å². The molecule has 0 radical (unpaired) electrons. The lowest BCUT2D eigenvalue weighted by Gasteiger charge is -2.25. The molecule has 22 heavy (non-hydrogen) atoms. The lowest BCUT2D eigenvalue weighted by Crippen LogP contribution is -2.22. The number of aryl methyl sites for hydroxylation is 1. The van der Waals surface area contributed by atoms with Crippen LogP contribution in [0.4, 0.5) is 4.39 Å². The number of pyridine rings is 1. The van der Waals surface area contributed by atoms with Gasteiger partial charge in [-0.05, 0) is 37.6 Å². The van der Waals surface area contributed by atoms with Gasteiger partial charge in [0.2, 0.25) is 0 Å². The van der Waals surface area contributed by atoms with Crippen LogP contribution in [0.2, 0.25) is 5.02 Å². The molecule has 0 unspecified atom stereocenters. The van der Waals surface area contributed by atoms with Crippen LogP contribution in [0.5, 0.6) is 5.75 Å². The fourth-order valence-corrected chi connectivity index (χ4v) is 2.98. The highest BCUT2D eigenvalue weighted by Gasteiger charge is 2.29. The summed E-state index contributed by atoms with van der Waals surface area (Å²) in [5.74, 6) is -0.0435. The van der Waals surface area contributed by atoms with Gasteiger partial charge in [-0.3, -0.25) is 4.98 Å². The molecular formula is C17H18ClFN2O. The summed E-state index contributed by atoms with van der Waals surface area (Å²) >= 11 is 6.24. The molecule has 116 valence electrons. The van der Waals surface area contributed by atoms with Gasteiger partial charge in [0.05, 0.1) is 5.02 Å². The first-order valence-corrected chi connectivity index (χ1v) is 7.76. The second-order valence-corrected chi connectivity index (χ2v) is 5.96. The number of ether oxygens (including phenoxy) is 1. The van der Waals surface area contributed by atoms with Crippen LogP contribution in [0.3, 0.4) is 0 Å². The zero-order valence-corrected chi connectivity index (χ0v) is 13.1. The normalized spacial score (nSPS) is 19.1. The lowest BCUT2D eigenvalue weighted by atomic mass is 9.96. The van der Waals surface area contributed by atoms with E-state index in [-0.39, 0.29) is 17.8 Å². The lowest BCUT2D eigenvalue weighted by molar-refractivity contribution is 0.138. The Morgan fingerprint density at radius 3 is 2.95 bits per heavy atom. The molecule has 5 heteroatoms. The van der Waals surface area contributed by atoms with E-state index in [1.54, 1.807) is 18.5 Å². The molecular weight excluding hydrogens is 303 g/mol. The van der Waals surface area contributed by atoms with Crippen molar-refractivity contribution in [3.63, 3.8) is 0 Å². The molecule has 1 saturated heterocycles. The minimum Gasteiger partial charge on any atom is -0.481 e. The zero-order valence-electron chi connectivity index (χ0n) is 12.4. The number of benzene rings is 1. The summed E-state index contributed by atoms with van der Waals surface area (Å²) in [5.41, 5.74) is 1.74. The fourth-order valence-electron chi connectivity index (χ4n) is 2.78. The minimum atomic E-state index is -0.435. The zero-order chi connectivity index (χ0) is 15.5. The predicted octanol–water partition coefficient (Wildman–Crippen LogP) is 3.91. The van der Waals surface area contributed by atoms with Gasteiger partial charge >= 0.3 is 0 Å². The number of aromatic nitrogens is 1. The van der Waals surface area contributed by atoms with Crippen LogP contribution in [-0.2, 0) is 0 Å². The molecule has 3 rings (SSSR count). The van der Waals surface area contributed by atoms with E-state index in [2.05, 4.69) is 10.3 Å². The van der Waals surface area contributed by atoms with Gasteiger partial charge in [0.25, 0.3) is 0 Å². The molecule has 0 spiro atoms. The van der Waals surface area contributed by atoms with Crippen LogP contribution in [0, 0.1) is 18.7 Å². The van der Waals surface area contributed by atoms with Gasteiger partial charge in [0.1, 0.15) is 6.10 Å². The van der Waals surface area contributed by atoms with Gasteiger partial charge in [-0.2, -0.15) is 0 Å². The summed E-state index contributed by atoms with van der Waals surface area (Å²) in [7, 11) is 0. The first-order chi connectivity index (χ1) is 10.7. The number of rotatable bonds is 4. The number of hydrogen-bond acceptors (Lipinski definition) is 3. The topological polar surface area (TPSA) is 34.1 Å². The molecule has 1 fully saturated rings. The van der Waals surface area contributed by atoms with Crippen molar-refractivity contribution in [3.05, 3.63) is 58.6 Å². The Hall–Kier alpha value is -1.65. The highest BCUT2D eigenvalue weighted by molar-refractivity contribution is 6.32. The Balaban J connectivity index is 1.95. The first kappa shape index (κ1) is 15.3. The standard InChI is InChI=1S/C17H18ClFN2O/c1-11-4-5-14(19)17(15(11)18)22-16(13-6-8-21-10-13)12-3-2-7-20-9-12/h2-5,7,9,13,16,21H,6,8,10H2,1H3/t13-,16-/m0/s1. The number of nitrogens with zero attached hydrogens (tertiary/aromatic N) is 1. The molecule has 1 aromatic heterocycles. The monoisotopic (exact) mass is 320 g/mol.